The number of rotatable bonds is 6. The number of ether oxygens (including phenoxy) is 1. The second kappa shape index (κ2) is 9.01. The first kappa shape index (κ1) is 19.3. The monoisotopic (exact) mass is 391 g/mol. The van der Waals surface area contributed by atoms with Crippen LogP contribution in [0.2, 0.25) is 0 Å². The lowest BCUT2D eigenvalue weighted by Crippen LogP contribution is -2.39. The molecule has 0 spiro atoms. The van der Waals surface area contributed by atoms with E-state index >= 15 is 0 Å². The van der Waals surface area contributed by atoms with Crippen molar-refractivity contribution in [2.24, 2.45) is 0 Å². The molecule has 0 saturated carbocycles. The number of nitrogens with zero attached hydrogens (tertiary/aromatic N) is 3. The Bertz CT molecular complexity index is 955. The highest BCUT2D eigenvalue weighted by molar-refractivity contribution is 5.95. The number of aromatic nitrogens is 2. The summed E-state index contributed by atoms with van der Waals surface area (Å²) in [7, 11) is 0. The van der Waals surface area contributed by atoms with E-state index in [4.69, 9.17) is 9.26 Å². The highest BCUT2D eigenvalue weighted by atomic mass is 16.5. The third-order valence-electron chi connectivity index (χ3n) is 5.27. The first-order valence-electron chi connectivity index (χ1n) is 10.00. The maximum absolute atomic E-state index is 12.9. The molecule has 1 saturated heterocycles. The summed E-state index contributed by atoms with van der Waals surface area (Å²) in [6.45, 7) is 4.11. The average Bonchev–Trinajstić information content (AvgIpc) is 3.23. The molecular formula is C23H25N3O3. The Morgan fingerprint density at radius 3 is 2.76 bits per heavy atom. The van der Waals surface area contributed by atoms with E-state index in [1.54, 1.807) is 0 Å². The number of likely N-dealkylation sites (tertiary alicyclic amines) is 1. The first-order valence-corrected chi connectivity index (χ1v) is 10.00. The minimum absolute atomic E-state index is 0.0720. The van der Waals surface area contributed by atoms with Crippen LogP contribution in [0.3, 0.4) is 0 Å². The molecular weight excluding hydrogens is 366 g/mol. The van der Waals surface area contributed by atoms with Crippen LogP contribution < -0.4 is 0 Å². The molecule has 1 atom stereocenters. The van der Waals surface area contributed by atoms with Gasteiger partial charge in [-0.1, -0.05) is 53.7 Å². The molecule has 0 radical (unpaired) electrons. The van der Waals surface area contributed by atoms with Crippen LogP contribution in [0.15, 0.2) is 59.1 Å². The molecule has 1 aliphatic heterocycles. The van der Waals surface area contributed by atoms with E-state index in [0.717, 1.165) is 36.1 Å². The van der Waals surface area contributed by atoms with E-state index in [-0.39, 0.29) is 18.4 Å². The van der Waals surface area contributed by atoms with Crippen LogP contribution in [0.1, 0.15) is 52.0 Å². The quantitative estimate of drug-likeness (QED) is 0.632. The third kappa shape index (κ3) is 4.71. The summed E-state index contributed by atoms with van der Waals surface area (Å²) in [5.41, 5.74) is 2.86. The lowest BCUT2D eigenvalue weighted by molar-refractivity contribution is 0.0703. The number of carbonyl (C=O) groups excluding carboxylic acids is 1. The Labute approximate surface area is 170 Å². The summed E-state index contributed by atoms with van der Waals surface area (Å²) < 4.78 is 11.0. The van der Waals surface area contributed by atoms with Gasteiger partial charge in [0.2, 0.25) is 0 Å². The second-order valence-electron chi connectivity index (χ2n) is 7.43. The van der Waals surface area contributed by atoms with Gasteiger partial charge in [0, 0.05) is 24.6 Å². The zero-order valence-corrected chi connectivity index (χ0v) is 16.6. The van der Waals surface area contributed by atoms with Crippen LogP contribution in [0, 0.1) is 6.92 Å². The van der Waals surface area contributed by atoms with Crippen molar-refractivity contribution < 1.29 is 14.1 Å². The van der Waals surface area contributed by atoms with Crippen molar-refractivity contribution in [2.45, 2.75) is 38.9 Å². The Hall–Kier alpha value is -2.99. The Morgan fingerprint density at radius 1 is 1.14 bits per heavy atom. The SMILES string of the molecule is Cc1ccccc1C(=O)N1CCCC(c2noc(COCc3ccccc3)n2)C1. The molecule has 1 amide bonds. The largest absolute Gasteiger partial charge is 0.367 e. The fourth-order valence-electron chi connectivity index (χ4n) is 3.68. The molecule has 4 rings (SSSR count). The molecule has 150 valence electrons. The lowest BCUT2D eigenvalue weighted by Gasteiger charge is -2.31. The average molecular weight is 391 g/mol. The van der Waals surface area contributed by atoms with Crippen LogP contribution in [0.5, 0.6) is 0 Å². The van der Waals surface area contributed by atoms with Gasteiger partial charge in [-0.05, 0) is 37.0 Å². The first-order chi connectivity index (χ1) is 14.2. The Morgan fingerprint density at radius 2 is 1.93 bits per heavy atom. The summed E-state index contributed by atoms with van der Waals surface area (Å²) in [5.74, 6) is 1.29. The van der Waals surface area contributed by atoms with Crippen molar-refractivity contribution in [3.8, 4) is 0 Å². The molecule has 29 heavy (non-hydrogen) atoms. The fraction of sp³-hybridized carbons (Fsp3) is 0.348. The van der Waals surface area contributed by atoms with Gasteiger partial charge in [-0.2, -0.15) is 4.98 Å². The number of benzene rings is 2. The van der Waals surface area contributed by atoms with Gasteiger partial charge in [0.1, 0.15) is 6.61 Å². The van der Waals surface area contributed by atoms with E-state index in [9.17, 15) is 4.79 Å². The minimum Gasteiger partial charge on any atom is -0.367 e. The summed E-state index contributed by atoms with van der Waals surface area (Å²) in [6, 6.07) is 17.7. The number of hydrogen-bond donors (Lipinski definition) is 0. The smallest absolute Gasteiger partial charge is 0.254 e. The molecule has 6 heteroatoms. The number of amides is 1. The van der Waals surface area contributed by atoms with Crippen LogP contribution >= 0.6 is 0 Å². The molecule has 1 unspecified atom stereocenters. The second-order valence-corrected chi connectivity index (χ2v) is 7.43. The van der Waals surface area contributed by atoms with Crippen molar-refractivity contribution in [1.29, 1.82) is 0 Å². The van der Waals surface area contributed by atoms with Gasteiger partial charge in [-0.15, -0.1) is 0 Å². The standard InChI is InChI=1S/C23H25N3O3/c1-17-8-5-6-12-20(17)23(27)26-13-7-11-19(14-26)22-24-21(29-25-22)16-28-15-18-9-3-2-4-10-18/h2-6,8-10,12,19H,7,11,13-16H2,1H3. The molecule has 6 nitrogen and oxygen atoms in total. The summed E-state index contributed by atoms with van der Waals surface area (Å²) in [4.78, 5) is 19.3. The fourth-order valence-corrected chi connectivity index (χ4v) is 3.68. The topological polar surface area (TPSA) is 68.5 Å². The van der Waals surface area contributed by atoms with Crippen molar-refractivity contribution in [3.63, 3.8) is 0 Å². The van der Waals surface area contributed by atoms with Crippen LogP contribution in [-0.2, 0) is 18.0 Å². The maximum Gasteiger partial charge on any atom is 0.254 e. The van der Waals surface area contributed by atoms with Crippen molar-refractivity contribution in [1.82, 2.24) is 15.0 Å². The molecule has 0 bridgehead atoms. The van der Waals surface area contributed by atoms with E-state index < -0.39 is 0 Å². The predicted octanol–water partition coefficient (Wildman–Crippen LogP) is 4.11. The van der Waals surface area contributed by atoms with Crippen molar-refractivity contribution >= 4 is 5.91 Å². The van der Waals surface area contributed by atoms with Gasteiger partial charge in [0.15, 0.2) is 5.82 Å². The summed E-state index contributed by atoms with van der Waals surface area (Å²) in [6.07, 6.45) is 1.87. The lowest BCUT2D eigenvalue weighted by atomic mass is 9.96. The molecule has 1 aromatic heterocycles. The molecule has 1 aliphatic rings. The number of carbonyl (C=O) groups is 1. The number of hydrogen-bond acceptors (Lipinski definition) is 5. The van der Waals surface area contributed by atoms with Gasteiger partial charge < -0.3 is 14.2 Å². The molecule has 0 aliphatic carbocycles. The number of aryl methyl sites for hydroxylation is 1. The molecule has 2 aromatic carbocycles. The van der Waals surface area contributed by atoms with Gasteiger partial charge in [-0.25, -0.2) is 0 Å². The van der Waals surface area contributed by atoms with Crippen LogP contribution in [0.4, 0.5) is 0 Å². The van der Waals surface area contributed by atoms with Gasteiger partial charge in [0.25, 0.3) is 11.8 Å². The third-order valence-corrected chi connectivity index (χ3v) is 5.27. The Kier molecular flexibility index (Phi) is 6.00. The molecule has 2 heterocycles. The molecule has 3 aromatic rings. The zero-order chi connectivity index (χ0) is 20.1. The van der Waals surface area contributed by atoms with Crippen LogP contribution in [0.25, 0.3) is 0 Å². The van der Waals surface area contributed by atoms with Gasteiger partial charge in [0.05, 0.1) is 6.61 Å². The van der Waals surface area contributed by atoms with Crippen molar-refractivity contribution in [2.75, 3.05) is 13.1 Å². The van der Waals surface area contributed by atoms with E-state index in [1.807, 2.05) is 66.4 Å². The van der Waals surface area contributed by atoms with E-state index in [1.165, 1.54) is 0 Å². The summed E-state index contributed by atoms with van der Waals surface area (Å²) in [5, 5.41) is 4.15. The molecule has 0 N–H and O–H groups in total. The highest BCUT2D eigenvalue weighted by Crippen LogP contribution is 2.26. The van der Waals surface area contributed by atoms with E-state index in [2.05, 4.69) is 10.1 Å². The highest BCUT2D eigenvalue weighted by Gasteiger charge is 2.29. The molecule has 1 fully saturated rings. The van der Waals surface area contributed by atoms with Gasteiger partial charge >= 0.3 is 0 Å². The zero-order valence-electron chi connectivity index (χ0n) is 16.6. The van der Waals surface area contributed by atoms with Crippen LogP contribution in [-0.4, -0.2) is 34.0 Å². The normalized spacial score (nSPS) is 16.7. The van der Waals surface area contributed by atoms with Crippen molar-refractivity contribution in [3.05, 3.63) is 83.0 Å². The minimum atomic E-state index is 0.0720. The summed E-state index contributed by atoms with van der Waals surface area (Å²) >= 11 is 0. The van der Waals surface area contributed by atoms with E-state index in [0.29, 0.717) is 24.9 Å². The predicted molar refractivity (Wildman–Crippen MR) is 108 cm³/mol. The maximum atomic E-state index is 12.9. The van der Waals surface area contributed by atoms with Gasteiger partial charge in [-0.3, -0.25) is 4.79 Å². The Balaban J connectivity index is 1.35. The number of piperidine rings is 1.